The molecule has 1 amide bonds. The predicted molar refractivity (Wildman–Crippen MR) is 122 cm³/mol. The van der Waals surface area contributed by atoms with Gasteiger partial charge < -0.3 is 4.74 Å². The first-order valence-corrected chi connectivity index (χ1v) is 12.0. The SMILES string of the molecule is CCS(=O)(=O)C1=NN2C(=N)/C(=C\c3ccc(OC(=O)c4ccccc4F)cc3)C(=O)N=C2S1. The number of esters is 1. The molecule has 0 radical (unpaired) electrons. The third-order valence-electron chi connectivity index (χ3n) is 4.58. The Morgan fingerprint density at radius 2 is 1.91 bits per heavy atom. The predicted octanol–water partition coefficient (Wildman–Crippen LogP) is 3.06. The number of nitrogens with one attached hydrogen (secondary N) is 1. The van der Waals surface area contributed by atoms with Gasteiger partial charge in [0.05, 0.1) is 16.9 Å². The maximum Gasteiger partial charge on any atom is 0.346 e. The van der Waals surface area contributed by atoms with Gasteiger partial charge in [0.2, 0.25) is 19.4 Å². The molecule has 0 aromatic heterocycles. The zero-order valence-corrected chi connectivity index (χ0v) is 18.6. The highest BCUT2D eigenvalue weighted by Gasteiger charge is 2.39. The monoisotopic (exact) mass is 486 g/mol. The summed E-state index contributed by atoms with van der Waals surface area (Å²) < 4.78 is 42.8. The largest absolute Gasteiger partial charge is 0.423 e. The van der Waals surface area contributed by atoms with Gasteiger partial charge in [0.15, 0.2) is 5.84 Å². The molecule has 0 saturated carbocycles. The summed E-state index contributed by atoms with van der Waals surface area (Å²) in [6, 6.07) is 11.4. The van der Waals surface area contributed by atoms with E-state index in [4.69, 9.17) is 10.1 Å². The second-order valence-electron chi connectivity index (χ2n) is 6.73. The molecule has 168 valence electrons. The number of benzene rings is 2. The molecule has 2 aliphatic heterocycles. The number of hydrogen-bond acceptors (Lipinski definition) is 8. The Kier molecular flexibility index (Phi) is 5.95. The van der Waals surface area contributed by atoms with E-state index in [2.05, 4.69) is 10.1 Å². The van der Waals surface area contributed by atoms with Crippen LogP contribution in [0.1, 0.15) is 22.8 Å². The first-order chi connectivity index (χ1) is 15.7. The summed E-state index contributed by atoms with van der Waals surface area (Å²) in [5, 5.41) is 13.2. The zero-order valence-electron chi connectivity index (χ0n) is 17.0. The molecule has 0 spiro atoms. The van der Waals surface area contributed by atoms with Crippen LogP contribution >= 0.6 is 11.8 Å². The van der Waals surface area contributed by atoms with E-state index < -0.39 is 27.5 Å². The van der Waals surface area contributed by atoms with Gasteiger partial charge in [-0.05, 0) is 47.7 Å². The smallest absolute Gasteiger partial charge is 0.346 e. The van der Waals surface area contributed by atoms with Crippen molar-refractivity contribution < 1.29 is 27.1 Å². The standard InChI is InChI=1S/C21H15FN4O5S2/c1-2-33(29,30)21-25-26-17(23)15(18(27)24-20(26)32-21)11-12-7-9-13(10-8-12)31-19(28)14-5-3-4-6-16(14)22/h3-11,23H,2H2,1H3/b15-11+,23-17?. The van der Waals surface area contributed by atoms with Gasteiger partial charge in [0.1, 0.15) is 11.6 Å². The summed E-state index contributed by atoms with van der Waals surface area (Å²) in [5.74, 6) is -2.58. The van der Waals surface area contributed by atoms with Gasteiger partial charge in [0, 0.05) is 0 Å². The van der Waals surface area contributed by atoms with Crippen molar-refractivity contribution in [2.45, 2.75) is 6.92 Å². The number of fused-ring (bicyclic) bond motifs is 1. The van der Waals surface area contributed by atoms with Crippen LogP contribution in [-0.2, 0) is 14.6 Å². The first kappa shape index (κ1) is 22.6. The van der Waals surface area contributed by atoms with Gasteiger partial charge in [-0.2, -0.15) is 10.0 Å². The molecular formula is C21H15FN4O5S2. The molecule has 0 fully saturated rings. The normalized spacial score (nSPS) is 17.0. The molecule has 4 rings (SSSR count). The molecule has 0 bridgehead atoms. The van der Waals surface area contributed by atoms with Gasteiger partial charge in [-0.25, -0.2) is 17.6 Å². The summed E-state index contributed by atoms with van der Waals surface area (Å²) in [7, 11) is -3.61. The number of aliphatic imine (C=N–C) groups is 1. The Balaban J connectivity index is 1.54. The number of carbonyl (C=O) groups excluding carboxylic acids is 2. The van der Waals surface area contributed by atoms with E-state index in [1.54, 1.807) is 0 Å². The van der Waals surface area contributed by atoms with Crippen LogP contribution in [-0.4, -0.2) is 46.4 Å². The van der Waals surface area contributed by atoms with Crippen LogP contribution in [0, 0.1) is 11.2 Å². The van der Waals surface area contributed by atoms with Crippen LogP contribution in [0.2, 0.25) is 0 Å². The first-order valence-electron chi connectivity index (χ1n) is 9.49. The van der Waals surface area contributed by atoms with Gasteiger partial charge in [-0.3, -0.25) is 10.2 Å². The lowest BCUT2D eigenvalue weighted by molar-refractivity contribution is -0.114. The van der Waals surface area contributed by atoms with Gasteiger partial charge in [-0.1, -0.05) is 31.2 Å². The number of amides is 1. The molecule has 1 N–H and O–H groups in total. The highest BCUT2D eigenvalue weighted by Crippen LogP contribution is 2.30. The van der Waals surface area contributed by atoms with Crippen molar-refractivity contribution in [1.82, 2.24) is 5.01 Å². The van der Waals surface area contributed by atoms with E-state index in [1.807, 2.05) is 0 Å². The summed E-state index contributed by atoms with van der Waals surface area (Å²) in [6.07, 6.45) is 1.39. The van der Waals surface area contributed by atoms with E-state index in [0.29, 0.717) is 5.56 Å². The molecule has 2 aliphatic rings. The molecule has 9 nitrogen and oxygen atoms in total. The minimum Gasteiger partial charge on any atom is -0.423 e. The fourth-order valence-electron chi connectivity index (χ4n) is 2.81. The average molecular weight is 487 g/mol. The number of nitrogens with zero attached hydrogens (tertiary/aromatic N) is 3. The van der Waals surface area contributed by atoms with Crippen LogP contribution in [0.15, 0.2) is 64.2 Å². The number of thioether (sulfide) groups is 1. The fraction of sp³-hybridized carbons (Fsp3) is 0.0952. The third-order valence-corrected chi connectivity index (χ3v) is 7.67. The number of sulfone groups is 1. The highest BCUT2D eigenvalue weighted by atomic mass is 32.3. The van der Waals surface area contributed by atoms with E-state index in [0.717, 1.165) is 22.8 Å². The molecule has 0 atom stereocenters. The molecule has 0 aliphatic carbocycles. The molecule has 2 aromatic rings. The maximum absolute atomic E-state index is 13.7. The highest BCUT2D eigenvalue weighted by molar-refractivity contribution is 8.42. The van der Waals surface area contributed by atoms with Crippen molar-refractivity contribution in [2.75, 3.05) is 5.75 Å². The lowest BCUT2D eigenvalue weighted by Crippen LogP contribution is -2.35. The summed E-state index contributed by atoms with van der Waals surface area (Å²) in [6.45, 7) is 1.47. The van der Waals surface area contributed by atoms with Crippen LogP contribution < -0.4 is 4.74 Å². The van der Waals surface area contributed by atoms with E-state index >= 15 is 0 Å². The molecule has 0 unspecified atom stereocenters. The Labute approximate surface area is 192 Å². The Bertz CT molecular complexity index is 1380. The Hall–Kier alpha value is -3.64. The average Bonchev–Trinajstić information content (AvgIpc) is 3.23. The van der Waals surface area contributed by atoms with Gasteiger partial charge in [-0.15, -0.1) is 5.10 Å². The van der Waals surface area contributed by atoms with E-state index in [1.165, 1.54) is 55.5 Å². The summed E-state index contributed by atoms with van der Waals surface area (Å²) in [5.41, 5.74) is 0.200. The fourth-order valence-corrected chi connectivity index (χ4v) is 4.98. The molecule has 2 aromatic carbocycles. The second kappa shape index (κ2) is 8.71. The Morgan fingerprint density at radius 1 is 1.21 bits per heavy atom. The molecule has 33 heavy (non-hydrogen) atoms. The number of halogens is 1. The minimum absolute atomic E-state index is 0.00424. The summed E-state index contributed by atoms with van der Waals surface area (Å²) >= 11 is 0.723. The van der Waals surface area contributed by atoms with Crippen LogP contribution in [0.25, 0.3) is 6.08 Å². The zero-order chi connectivity index (χ0) is 23.8. The quantitative estimate of drug-likeness (QED) is 0.399. The summed E-state index contributed by atoms with van der Waals surface area (Å²) in [4.78, 5) is 28.4. The minimum atomic E-state index is -3.61. The number of hydrogen-bond donors (Lipinski definition) is 1. The van der Waals surface area contributed by atoms with Crippen molar-refractivity contribution in [1.29, 1.82) is 5.41 Å². The molecule has 2 heterocycles. The number of carbonyl (C=O) groups is 2. The molecule has 0 saturated heterocycles. The topological polar surface area (TPSA) is 129 Å². The number of ether oxygens (including phenoxy) is 1. The number of hydrazone groups is 1. The van der Waals surface area contributed by atoms with E-state index in [-0.39, 0.29) is 38.0 Å². The van der Waals surface area contributed by atoms with Crippen molar-refractivity contribution in [3.63, 3.8) is 0 Å². The van der Waals surface area contributed by atoms with Crippen LogP contribution in [0.3, 0.4) is 0 Å². The number of amidine groups is 2. The van der Waals surface area contributed by atoms with Crippen molar-refractivity contribution in [3.05, 3.63) is 71.0 Å². The maximum atomic E-state index is 13.7. The molecular weight excluding hydrogens is 471 g/mol. The Morgan fingerprint density at radius 3 is 2.58 bits per heavy atom. The lowest BCUT2D eigenvalue weighted by atomic mass is 10.1. The van der Waals surface area contributed by atoms with Crippen molar-refractivity contribution in [3.8, 4) is 5.75 Å². The van der Waals surface area contributed by atoms with Gasteiger partial charge >= 0.3 is 5.97 Å². The van der Waals surface area contributed by atoms with E-state index in [9.17, 15) is 22.4 Å². The molecule has 12 heteroatoms. The van der Waals surface area contributed by atoms with Gasteiger partial charge in [0.25, 0.3) is 5.91 Å². The number of rotatable bonds is 4. The lowest BCUT2D eigenvalue weighted by Gasteiger charge is -2.20. The third kappa shape index (κ3) is 4.47. The van der Waals surface area contributed by atoms with Crippen LogP contribution in [0.4, 0.5) is 4.39 Å². The second-order valence-corrected chi connectivity index (χ2v) is 10.1. The van der Waals surface area contributed by atoms with Crippen LogP contribution in [0.5, 0.6) is 5.75 Å². The van der Waals surface area contributed by atoms with Crippen molar-refractivity contribution in [2.24, 2.45) is 10.1 Å². The van der Waals surface area contributed by atoms with Crippen molar-refractivity contribution >= 4 is 54.9 Å².